The summed E-state index contributed by atoms with van der Waals surface area (Å²) in [6.07, 6.45) is -0.788. The first-order valence-electron chi connectivity index (χ1n) is 11.6. The van der Waals surface area contributed by atoms with Crippen molar-refractivity contribution in [1.82, 2.24) is 10.2 Å². The molecule has 5 rings (SSSR count). The van der Waals surface area contributed by atoms with Crippen molar-refractivity contribution < 1.29 is 24.0 Å². The van der Waals surface area contributed by atoms with Gasteiger partial charge in [0, 0.05) is 30.8 Å². The molecule has 182 valence electrons. The number of non-ortho nitro benzene ring substituents is 1. The average molecular weight is 479 g/mol. The minimum absolute atomic E-state index is 0.0801. The number of barbiturate groups is 1. The maximum Gasteiger partial charge on any atom is 0.331 e. The van der Waals surface area contributed by atoms with E-state index in [1.807, 2.05) is 49.1 Å². The molecule has 0 aromatic heterocycles. The highest BCUT2D eigenvalue weighted by Crippen LogP contribution is 2.49. The van der Waals surface area contributed by atoms with Crippen LogP contribution in [0, 0.1) is 15.5 Å². The van der Waals surface area contributed by atoms with E-state index >= 15 is 0 Å². The number of hydrogen-bond donors (Lipinski definition) is 1. The van der Waals surface area contributed by atoms with Crippen molar-refractivity contribution >= 4 is 29.2 Å². The molecule has 2 aromatic rings. The summed E-state index contributed by atoms with van der Waals surface area (Å²) in [5, 5.41) is 13.9. The maximum atomic E-state index is 14.3. The van der Waals surface area contributed by atoms with Gasteiger partial charge in [0.2, 0.25) is 11.8 Å². The van der Waals surface area contributed by atoms with Gasteiger partial charge < -0.3 is 9.64 Å². The number of benzene rings is 2. The molecule has 10 nitrogen and oxygen atoms in total. The van der Waals surface area contributed by atoms with Crippen LogP contribution in [-0.4, -0.2) is 52.5 Å². The van der Waals surface area contributed by atoms with E-state index in [4.69, 9.17) is 4.74 Å². The Kier molecular flexibility index (Phi) is 5.36. The number of ether oxygens (including phenoxy) is 1. The molecule has 0 unspecified atom stereocenters. The molecule has 1 N–H and O–H groups in total. The number of anilines is 1. The van der Waals surface area contributed by atoms with Crippen LogP contribution in [0.3, 0.4) is 0 Å². The summed E-state index contributed by atoms with van der Waals surface area (Å²) in [5.41, 5.74) is 0.167. The third kappa shape index (κ3) is 3.39. The molecule has 35 heavy (non-hydrogen) atoms. The van der Waals surface area contributed by atoms with E-state index in [1.165, 1.54) is 12.1 Å². The van der Waals surface area contributed by atoms with Gasteiger partial charge in [0.05, 0.1) is 29.2 Å². The Balaban J connectivity index is 1.67. The second-order valence-electron chi connectivity index (χ2n) is 9.49. The lowest BCUT2D eigenvalue weighted by molar-refractivity contribution is -0.384. The summed E-state index contributed by atoms with van der Waals surface area (Å²) < 4.78 is 6.08. The van der Waals surface area contributed by atoms with Crippen molar-refractivity contribution in [2.45, 2.75) is 51.5 Å². The molecule has 3 aliphatic rings. The number of nitrogens with one attached hydrogen (secondary N) is 1. The molecule has 3 aliphatic heterocycles. The number of urea groups is 1. The Hall–Kier alpha value is -3.79. The highest BCUT2D eigenvalue weighted by molar-refractivity contribution is 6.20. The van der Waals surface area contributed by atoms with Crippen LogP contribution >= 0.6 is 0 Å². The maximum absolute atomic E-state index is 14.3. The zero-order valence-electron chi connectivity index (χ0n) is 19.6. The summed E-state index contributed by atoms with van der Waals surface area (Å²) in [5.74, 6) is -1.33. The van der Waals surface area contributed by atoms with Gasteiger partial charge in [-0.05, 0) is 38.0 Å². The predicted molar refractivity (Wildman–Crippen MR) is 126 cm³/mol. The van der Waals surface area contributed by atoms with E-state index in [9.17, 15) is 24.5 Å². The Morgan fingerprint density at radius 2 is 1.86 bits per heavy atom. The van der Waals surface area contributed by atoms with Crippen molar-refractivity contribution in [2.24, 2.45) is 5.41 Å². The molecule has 0 aliphatic carbocycles. The van der Waals surface area contributed by atoms with Crippen LogP contribution in [0.4, 0.5) is 16.2 Å². The smallest absolute Gasteiger partial charge is 0.331 e. The fraction of sp³-hybridized carbons (Fsp3) is 0.400. The van der Waals surface area contributed by atoms with E-state index in [0.717, 1.165) is 16.2 Å². The largest absolute Gasteiger partial charge is 0.372 e. The highest BCUT2D eigenvalue weighted by atomic mass is 16.6. The zero-order chi connectivity index (χ0) is 25.1. The summed E-state index contributed by atoms with van der Waals surface area (Å²) >= 11 is 0. The van der Waals surface area contributed by atoms with Gasteiger partial charge in [-0.3, -0.25) is 29.9 Å². The average Bonchev–Trinajstić information content (AvgIpc) is 2.82. The normalized spacial score (nSPS) is 28.9. The van der Waals surface area contributed by atoms with Crippen molar-refractivity contribution in [3.05, 3.63) is 69.8 Å². The fourth-order valence-corrected chi connectivity index (χ4v) is 5.88. The number of amides is 4. The van der Waals surface area contributed by atoms with Crippen molar-refractivity contribution in [3.63, 3.8) is 0 Å². The summed E-state index contributed by atoms with van der Waals surface area (Å²) in [4.78, 5) is 54.9. The Bertz CT molecular complexity index is 1230. The molecule has 0 saturated carbocycles. The summed E-state index contributed by atoms with van der Waals surface area (Å²) in [6.45, 7) is 5.84. The van der Waals surface area contributed by atoms with Gasteiger partial charge in [0.1, 0.15) is 0 Å². The number of nitro benzene ring substituents is 1. The summed E-state index contributed by atoms with van der Waals surface area (Å²) in [6, 6.07) is 11.5. The first kappa shape index (κ1) is 23.0. The Morgan fingerprint density at radius 1 is 1.14 bits per heavy atom. The lowest BCUT2D eigenvalue weighted by Gasteiger charge is -2.56. The molecular formula is C25H26N4O6. The predicted octanol–water partition coefficient (Wildman–Crippen LogP) is 2.96. The van der Waals surface area contributed by atoms with Crippen LogP contribution in [0.2, 0.25) is 0 Å². The first-order valence-corrected chi connectivity index (χ1v) is 11.6. The Labute approximate surface area is 202 Å². The summed E-state index contributed by atoms with van der Waals surface area (Å²) in [7, 11) is 0. The molecule has 4 amide bonds. The molecule has 2 aromatic carbocycles. The number of carbonyl (C=O) groups is 3. The van der Waals surface area contributed by atoms with Gasteiger partial charge in [0.15, 0.2) is 5.41 Å². The monoisotopic (exact) mass is 478 g/mol. The number of morpholine rings is 1. The van der Waals surface area contributed by atoms with Crippen molar-refractivity contribution in [2.75, 3.05) is 11.4 Å². The van der Waals surface area contributed by atoms with E-state index in [1.54, 1.807) is 13.0 Å². The van der Waals surface area contributed by atoms with Crippen LogP contribution in [0.15, 0.2) is 48.5 Å². The molecule has 10 heteroatoms. The minimum Gasteiger partial charge on any atom is -0.372 e. The lowest BCUT2D eigenvalue weighted by atomic mass is 9.66. The van der Waals surface area contributed by atoms with E-state index in [-0.39, 0.29) is 18.2 Å². The molecule has 1 spiro atoms. The third-order valence-corrected chi connectivity index (χ3v) is 7.35. The van der Waals surface area contributed by atoms with Gasteiger partial charge in [0.25, 0.3) is 5.69 Å². The van der Waals surface area contributed by atoms with E-state index < -0.39 is 46.4 Å². The van der Waals surface area contributed by atoms with Crippen LogP contribution in [-0.2, 0) is 20.7 Å². The number of hydrogen-bond acceptors (Lipinski definition) is 7. The van der Waals surface area contributed by atoms with Crippen LogP contribution < -0.4 is 10.2 Å². The minimum atomic E-state index is -1.70. The number of nitro groups is 1. The van der Waals surface area contributed by atoms with Crippen LogP contribution in [0.25, 0.3) is 0 Å². The highest BCUT2D eigenvalue weighted by Gasteiger charge is 2.65. The standard InChI is InChI=1S/C25H26N4O6/c1-14-13-27-20-10-9-19(29(33)34)11-18(20)12-25(21(27)16(3)35-14)22(30)26-24(32)28(23(25)31)15(2)17-7-5-4-6-8-17/h4-11,14-16,21H,12-13H2,1-3H3,(H,26,30,32)/t14-,15-,16+,21-,25-/m1/s1. The van der Waals surface area contributed by atoms with E-state index in [0.29, 0.717) is 12.1 Å². The van der Waals surface area contributed by atoms with Gasteiger partial charge in [-0.1, -0.05) is 30.3 Å². The topological polar surface area (TPSA) is 122 Å². The molecule has 2 fully saturated rings. The number of nitrogens with zero attached hydrogens (tertiary/aromatic N) is 3. The van der Waals surface area contributed by atoms with Crippen molar-refractivity contribution in [3.8, 4) is 0 Å². The van der Waals surface area contributed by atoms with Gasteiger partial charge in [-0.2, -0.15) is 0 Å². The lowest BCUT2D eigenvalue weighted by Crippen LogP contribution is -2.75. The molecular weight excluding hydrogens is 452 g/mol. The molecule has 5 atom stereocenters. The second kappa shape index (κ2) is 8.16. The molecule has 2 saturated heterocycles. The molecule has 0 radical (unpaired) electrons. The number of carbonyl (C=O) groups excluding carboxylic acids is 3. The second-order valence-corrected chi connectivity index (χ2v) is 9.49. The number of rotatable bonds is 3. The van der Waals surface area contributed by atoms with Crippen LogP contribution in [0.5, 0.6) is 0 Å². The zero-order valence-corrected chi connectivity index (χ0v) is 19.6. The SMILES string of the molecule is C[C@@H]1CN2c3ccc([N+](=O)[O-])cc3C[C@]3(C(=O)NC(=O)N([C@H](C)c4ccccc4)C3=O)[C@H]2[C@H](C)O1. The van der Waals surface area contributed by atoms with Gasteiger partial charge >= 0.3 is 6.03 Å². The molecule has 3 heterocycles. The number of fused-ring (bicyclic) bond motifs is 4. The van der Waals surface area contributed by atoms with Gasteiger partial charge in [-0.25, -0.2) is 4.79 Å². The molecule has 0 bridgehead atoms. The Morgan fingerprint density at radius 3 is 2.54 bits per heavy atom. The quantitative estimate of drug-likeness (QED) is 0.409. The first-order chi connectivity index (χ1) is 16.6. The fourth-order valence-electron chi connectivity index (χ4n) is 5.88. The van der Waals surface area contributed by atoms with E-state index in [2.05, 4.69) is 5.32 Å². The van der Waals surface area contributed by atoms with Crippen LogP contribution in [0.1, 0.15) is 37.9 Å². The van der Waals surface area contributed by atoms with Gasteiger partial charge in [-0.15, -0.1) is 0 Å². The van der Waals surface area contributed by atoms with Crippen molar-refractivity contribution in [1.29, 1.82) is 0 Å². The number of imide groups is 2. The third-order valence-electron chi connectivity index (χ3n) is 7.35.